The Morgan fingerprint density at radius 1 is 0.960 bits per heavy atom. The van der Waals surface area contributed by atoms with Crippen molar-refractivity contribution in [3.05, 3.63) is 69.0 Å². The lowest BCUT2D eigenvalue weighted by atomic mass is 10.1. The van der Waals surface area contributed by atoms with E-state index in [-0.39, 0.29) is 12.3 Å². The van der Waals surface area contributed by atoms with Gasteiger partial charge >= 0.3 is 0 Å². The maximum absolute atomic E-state index is 12.2. The molecule has 0 fully saturated rings. The molecular weight excluding hydrogens is 379 g/mol. The van der Waals surface area contributed by atoms with Crippen LogP contribution in [0.15, 0.2) is 48.5 Å². The van der Waals surface area contributed by atoms with Gasteiger partial charge in [-0.15, -0.1) is 11.3 Å². The van der Waals surface area contributed by atoms with Crippen LogP contribution in [-0.2, 0) is 11.2 Å². The topological polar surface area (TPSA) is 58.2 Å². The highest BCUT2D eigenvalue weighted by molar-refractivity contribution is 7.21. The molecule has 2 aromatic carbocycles. The van der Waals surface area contributed by atoms with Gasteiger partial charge in [0.15, 0.2) is 0 Å². The first-order valence-electron chi connectivity index (χ1n) is 7.56. The van der Waals surface area contributed by atoms with Crippen LogP contribution in [0.4, 0.5) is 0 Å². The van der Waals surface area contributed by atoms with Crippen LogP contribution in [0.3, 0.4) is 0 Å². The number of carbonyl (C=O) groups excluding carboxylic acids is 2. The van der Waals surface area contributed by atoms with Gasteiger partial charge in [0.25, 0.3) is 5.91 Å². The number of amides is 2. The van der Waals surface area contributed by atoms with Crippen LogP contribution in [0.5, 0.6) is 0 Å². The minimum absolute atomic E-state index is 0.212. The van der Waals surface area contributed by atoms with Crippen LogP contribution in [0.25, 0.3) is 10.1 Å². The average molecular weight is 393 g/mol. The summed E-state index contributed by atoms with van der Waals surface area (Å²) in [6, 6.07) is 14.8. The van der Waals surface area contributed by atoms with Crippen molar-refractivity contribution in [2.75, 3.05) is 0 Å². The number of benzene rings is 2. The van der Waals surface area contributed by atoms with Gasteiger partial charge in [0.05, 0.1) is 5.02 Å². The van der Waals surface area contributed by atoms with Gasteiger partial charge in [-0.05, 0) is 24.1 Å². The lowest BCUT2D eigenvalue weighted by Crippen LogP contribution is -2.41. The van der Waals surface area contributed by atoms with Gasteiger partial charge in [-0.25, -0.2) is 0 Å². The molecule has 4 nitrogen and oxygen atoms in total. The van der Waals surface area contributed by atoms with Gasteiger partial charge in [0.1, 0.15) is 4.88 Å². The first-order chi connectivity index (χ1) is 12.1. The summed E-state index contributed by atoms with van der Waals surface area (Å²) in [5, 5.41) is 1.84. The number of thiophene rings is 1. The van der Waals surface area contributed by atoms with Gasteiger partial charge in [-0.2, -0.15) is 0 Å². The molecule has 2 amide bonds. The standard InChI is InChI=1S/C18H14Cl2N2O2S/c19-13-7-3-1-5-11(13)9-10-15(23)21-22-18(24)17-16(20)12-6-2-4-8-14(12)25-17/h1-8H,9-10H2,(H,21,23)(H,22,24). The fourth-order valence-electron chi connectivity index (χ4n) is 2.36. The zero-order valence-electron chi connectivity index (χ0n) is 13.0. The van der Waals surface area contributed by atoms with Crippen LogP contribution in [-0.4, -0.2) is 11.8 Å². The van der Waals surface area contributed by atoms with Crippen molar-refractivity contribution >= 4 is 56.4 Å². The second-order valence-electron chi connectivity index (χ2n) is 5.34. The zero-order valence-corrected chi connectivity index (χ0v) is 15.3. The molecule has 0 aliphatic rings. The molecule has 7 heteroatoms. The van der Waals surface area contributed by atoms with Crippen molar-refractivity contribution in [2.45, 2.75) is 12.8 Å². The van der Waals surface area contributed by atoms with Crippen LogP contribution < -0.4 is 10.9 Å². The molecule has 1 heterocycles. The molecule has 2 N–H and O–H groups in total. The molecule has 0 aliphatic heterocycles. The largest absolute Gasteiger partial charge is 0.281 e. The molecule has 0 spiro atoms. The number of hydrogen-bond acceptors (Lipinski definition) is 3. The lowest BCUT2D eigenvalue weighted by Gasteiger charge is -2.07. The fourth-order valence-corrected chi connectivity index (χ4v) is 4.00. The van der Waals surface area contributed by atoms with Crippen LogP contribution in [0, 0.1) is 0 Å². The molecule has 0 aliphatic carbocycles. The Morgan fingerprint density at radius 3 is 2.44 bits per heavy atom. The number of hydrogen-bond donors (Lipinski definition) is 2. The summed E-state index contributed by atoms with van der Waals surface area (Å²) in [7, 11) is 0. The summed E-state index contributed by atoms with van der Waals surface area (Å²) in [4.78, 5) is 24.5. The van der Waals surface area contributed by atoms with E-state index in [2.05, 4.69) is 10.9 Å². The zero-order chi connectivity index (χ0) is 17.8. The van der Waals surface area contributed by atoms with Gasteiger partial charge in [0, 0.05) is 21.5 Å². The van der Waals surface area contributed by atoms with Crippen molar-refractivity contribution in [1.29, 1.82) is 0 Å². The minimum atomic E-state index is -0.433. The van der Waals surface area contributed by atoms with E-state index in [1.807, 2.05) is 42.5 Å². The van der Waals surface area contributed by atoms with E-state index in [1.165, 1.54) is 11.3 Å². The third kappa shape index (κ3) is 4.12. The molecule has 1 aromatic heterocycles. The monoisotopic (exact) mass is 392 g/mol. The van der Waals surface area contributed by atoms with Gasteiger partial charge in [0.2, 0.25) is 5.91 Å². The molecule has 3 rings (SSSR count). The van der Waals surface area contributed by atoms with Crippen LogP contribution >= 0.6 is 34.5 Å². The first-order valence-corrected chi connectivity index (χ1v) is 9.13. The molecular formula is C18H14Cl2N2O2S. The number of carbonyl (C=O) groups is 2. The number of aryl methyl sites for hydroxylation is 1. The van der Waals surface area contributed by atoms with Crippen molar-refractivity contribution in [2.24, 2.45) is 0 Å². The Hall–Kier alpha value is -2.08. The summed E-state index contributed by atoms with van der Waals surface area (Å²) in [5.74, 6) is -0.734. The summed E-state index contributed by atoms with van der Waals surface area (Å²) >= 11 is 13.6. The SMILES string of the molecule is O=C(CCc1ccccc1Cl)NNC(=O)c1sc2ccccc2c1Cl. The van der Waals surface area contributed by atoms with Crippen LogP contribution in [0.1, 0.15) is 21.7 Å². The molecule has 0 bridgehead atoms. The van der Waals surface area contributed by atoms with E-state index in [0.29, 0.717) is 21.3 Å². The van der Waals surface area contributed by atoms with Crippen LogP contribution in [0.2, 0.25) is 10.0 Å². The number of rotatable bonds is 4. The predicted molar refractivity (Wildman–Crippen MR) is 102 cm³/mol. The maximum Gasteiger partial charge on any atom is 0.281 e. The van der Waals surface area contributed by atoms with E-state index in [0.717, 1.165) is 15.6 Å². The van der Waals surface area contributed by atoms with Gasteiger partial charge < -0.3 is 0 Å². The fraction of sp³-hybridized carbons (Fsp3) is 0.111. The smallest absolute Gasteiger partial charge is 0.273 e. The molecule has 0 atom stereocenters. The van der Waals surface area contributed by atoms with E-state index < -0.39 is 5.91 Å². The highest BCUT2D eigenvalue weighted by Crippen LogP contribution is 2.34. The maximum atomic E-state index is 12.2. The second kappa shape index (κ2) is 7.87. The van der Waals surface area contributed by atoms with Gasteiger partial charge in [-0.1, -0.05) is 59.6 Å². The highest BCUT2D eigenvalue weighted by Gasteiger charge is 2.17. The summed E-state index contributed by atoms with van der Waals surface area (Å²) in [6.45, 7) is 0. The van der Waals surface area contributed by atoms with E-state index in [1.54, 1.807) is 6.07 Å². The molecule has 0 saturated heterocycles. The minimum Gasteiger partial charge on any atom is -0.273 e. The van der Waals surface area contributed by atoms with Crippen molar-refractivity contribution < 1.29 is 9.59 Å². The molecule has 25 heavy (non-hydrogen) atoms. The van der Waals surface area contributed by atoms with E-state index >= 15 is 0 Å². The summed E-state index contributed by atoms with van der Waals surface area (Å²) in [5.41, 5.74) is 5.70. The molecule has 0 radical (unpaired) electrons. The second-order valence-corrected chi connectivity index (χ2v) is 7.17. The molecule has 3 aromatic rings. The number of nitrogens with one attached hydrogen (secondary N) is 2. The third-order valence-corrected chi connectivity index (χ3v) is 5.68. The van der Waals surface area contributed by atoms with Gasteiger partial charge in [-0.3, -0.25) is 20.4 Å². The number of fused-ring (bicyclic) bond motifs is 1. The number of halogens is 2. The Kier molecular flexibility index (Phi) is 5.58. The average Bonchev–Trinajstić information content (AvgIpc) is 2.96. The van der Waals surface area contributed by atoms with Crippen molar-refractivity contribution in [3.8, 4) is 0 Å². The Bertz CT molecular complexity index is 940. The Balaban J connectivity index is 1.57. The normalized spacial score (nSPS) is 10.6. The van der Waals surface area contributed by atoms with E-state index in [4.69, 9.17) is 23.2 Å². The quantitative estimate of drug-likeness (QED) is 0.637. The number of hydrazine groups is 1. The third-order valence-electron chi connectivity index (χ3n) is 3.64. The Morgan fingerprint density at radius 2 is 1.68 bits per heavy atom. The van der Waals surface area contributed by atoms with E-state index in [9.17, 15) is 9.59 Å². The molecule has 128 valence electrons. The van der Waals surface area contributed by atoms with Crippen molar-refractivity contribution in [3.63, 3.8) is 0 Å². The van der Waals surface area contributed by atoms with Crippen molar-refractivity contribution in [1.82, 2.24) is 10.9 Å². The predicted octanol–water partition coefficient (Wildman–Crippen LogP) is 4.60. The first kappa shape index (κ1) is 17.7. The summed E-state index contributed by atoms with van der Waals surface area (Å²) in [6.07, 6.45) is 0.704. The Labute approximate surface area is 158 Å². The molecule has 0 saturated carbocycles. The molecule has 0 unspecified atom stereocenters. The lowest BCUT2D eigenvalue weighted by molar-refractivity contribution is -0.121. The summed E-state index contributed by atoms with van der Waals surface area (Å²) < 4.78 is 0.919. The highest BCUT2D eigenvalue weighted by atomic mass is 35.5.